The number of anilines is 1. The topological polar surface area (TPSA) is 87.2 Å². The van der Waals surface area contributed by atoms with E-state index in [2.05, 4.69) is 6.07 Å². The summed E-state index contributed by atoms with van der Waals surface area (Å²) in [6.07, 6.45) is 3.32. The summed E-state index contributed by atoms with van der Waals surface area (Å²) in [5.41, 5.74) is 6.95. The third-order valence-electron chi connectivity index (χ3n) is 3.42. The molecule has 2 rings (SSSR count). The number of piperidine rings is 1. The van der Waals surface area contributed by atoms with Crippen molar-refractivity contribution in [3.05, 3.63) is 29.3 Å². The predicted molar refractivity (Wildman–Crippen MR) is 70.7 cm³/mol. The van der Waals surface area contributed by atoms with Gasteiger partial charge in [0, 0.05) is 12.1 Å². The van der Waals surface area contributed by atoms with Gasteiger partial charge in [-0.1, -0.05) is 0 Å². The Hall–Kier alpha value is -2.35. The normalized spacial score (nSPS) is 18.7. The van der Waals surface area contributed by atoms with Crippen LogP contribution in [0.25, 0.3) is 0 Å². The zero-order valence-electron chi connectivity index (χ0n) is 10.5. The van der Waals surface area contributed by atoms with Gasteiger partial charge in [0.15, 0.2) is 0 Å². The lowest BCUT2D eigenvalue weighted by atomic mass is 9.99. The fourth-order valence-corrected chi connectivity index (χ4v) is 2.48. The Morgan fingerprint density at radius 3 is 2.89 bits per heavy atom. The third-order valence-corrected chi connectivity index (χ3v) is 3.42. The van der Waals surface area contributed by atoms with Crippen LogP contribution in [0.15, 0.2) is 18.2 Å². The fourth-order valence-electron chi connectivity index (χ4n) is 2.48. The van der Waals surface area contributed by atoms with Gasteiger partial charge in [0.05, 0.1) is 11.3 Å². The average molecular weight is 257 g/mol. The Bertz CT molecular complexity index is 548. The third kappa shape index (κ3) is 2.58. The Kier molecular flexibility index (Phi) is 3.81. The van der Waals surface area contributed by atoms with Crippen molar-refractivity contribution in [2.75, 3.05) is 11.4 Å². The van der Waals surface area contributed by atoms with Crippen LogP contribution in [0.5, 0.6) is 0 Å². The standard InChI is InChI=1S/C14H15N3O2/c15-8-11-7-10(9-18)4-5-12(11)17-6-2-1-3-13(17)14(16)19/h4-5,7,9,13H,1-3,6H2,(H2,16,19). The van der Waals surface area contributed by atoms with Crippen molar-refractivity contribution in [2.45, 2.75) is 25.3 Å². The minimum Gasteiger partial charge on any atom is -0.368 e. The molecule has 2 N–H and O–H groups in total. The molecule has 5 nitrogen and oxygen atoms in total. The molecule has 1 unspecified atom stereocenters. The van der Waals surface area contributed by atoms with E-state index >= 15 is 0 Å². The molecule has 0 saturated carbocycles. The number of nitrogens with two attached hydrogens (primary N) is 1. The lowest BCUT2D eigenvalue weighted by Crippen LogP contribution is -2.48. The van der Waals surface area contributed by atoms with Crippen molar-refractivity contribution in [3.63, 3.8) is 0 Å². The molecule has 0 spiro atoms. The Morgan fingerprint density at radius 1 is 1.47 bits per heavy atom. The van der Waals surface area contributed by atoms with Crippen molar-refractivity contribution in [1.29, 1.82) is 5.26 Å². The number of carbonyl (C=O) groups excluding carboxylic acids is 2. The van der Waals surface area contributed by atoms with E-state index in [0.29, 0.717) is 36.1 Å². The van der Waals surface area contributed by atoms with Crippen molar-refractivity contribution in [3.8, 4) is 6.07 Å². The van der Waals surface area contributed by atoms with Crippen LogP contribution in [0.2, 0.25) is 0 Å². The first-order chi connectivity index (χ1) is 9.17. The second kappa shape index (κ2) is 5.53. The maximum absolute atomic E-state index is 11.5. The van der Waals surface area contributed by atoms with Gasteiger partial charge in [-0.2, -0.15) is 5.26 Å². The molecule has 1 fully saturated rings. The van der Waals surface area contributed by atoms with E-state index in [1.165, 1.54) is 6.07 Å². The minimum absolute atomic E-state index is 0.372. The molecule has 0 aliphatic carbocycles. The van der Waals surface area contributed by atoms with Crippen LogP contribution >= 0.6 is 0 Å². The number of benzene rings is 1. The molecule has 98 valence electrons. The zero-order valence-corrected chi connectivity index (χ0v) is 10.5. The molecule has 5 heteroatoms. The molecule has 1 aliphatic rings. The van der Waals surface area contributed by atoms with Crippen molar-refractivity contribution in [2.24, 2.45) is 5.73 Å². The summed E-state index contributed by atoms with van der Waals surface area (Å²) >= 11 is 0. The zero-order chi connectivity index (χ0) is 13.8. The number of hydrogen-bond donors (Lipinski definition) is 1. The first kappa shape index (κ1) is 13.1. The van der Waals surface area contributed by atoms with E-state index in [1.54, 1.807) is 12.1 Å². The highest BCUT2D eigenvalue weighted by atomic mass is 16.1. The number of rotatable bonds is 3. The summed E-state index contributed by atoms with van der Waals surface area (Å²) in [4.78, 5) is 24.1. The number of hydrogen-bond acceptors (Lipinski definition) is 4. The highest BCUT2D eigenvalue weighted by Gasteiger charge is 2.28. The molecule has 1 aromatic carbocycles. The molecular formula is C14H15N3O2. The van der Waals surface area contributed by atoms with E-state index in [1.807, 2.05) is 4.90 Å². The molecule has 0 radical (unpaired) electrons. The number of aldehydes is 1. The molecule has 1 amide bonds. The molecule has 1 heterocycles. The smallest absolute Gasteiger partial charge is 0.240 e. The Morgan fingerprint density at radius 2 is 2.26 bits per heavy atom. The molecule has 0 bridgehead atoms. The van der Waals surface area contributed by atoms with Crippen molar-refractivity contribution in [1.82, 2.24) is 0 Å². The van der Waals surface area contributed by atoms with Gasteiger partial charge in [0.25, 0.3) is 0 Å². The molecule has 1 aliphatic heterocycles. The number of amides is 1. The van der Waals surface area contributed by atoms with Gasteiger partial charge in [-0.05, 0) is 37.5 Å². The first-order valence-electron chi connectivity index (χ1n) is 6.22. The second-order valence-corrected chi connectivity index (χ2v) is 4.61. The molecule has 1 aromatic rings. The fraction of sp³-hybridized carbons (Fsp3) is 0.357. The van der Waals surface area contributed by atoms with Crippen LogP contribution in [0.3, 0.4) is 0 Å². The van der Waals surface area contributed by atoms with Crippen molar-refractivity contribution < 1.29 is 9.59 Å². The van der Waals surface area contributed by atoms with Crippen LogP contribution in [0, 0.1) is 11.3 Å². The van der Waals surface area contributed by atoms with E-state index < -0.39 is 0 Å². The summed E-state index contributed by atoms with van der Waals surface area (Å²) in [6, 6.07) is 6.60. The van der Waals surface area contributed by atoms with Crippen molar-refractivity contribution >= 4 is 17.9 Å². The van der Waals surface area contributed by atoms with E-state index in [-0.39, 0.29) is 11.9 Å². The monoisotopic (exact) mass is 257 g/mol. The minimum atomic E-state index is -0.372. The van der Waals surface area contributed by atoms with Gasteiger partial charge >= 0.3 is 0 Å². The van der Waals surface area contributed by atoms with Gasteiger partial charge in [-0.15, -0.1) is 0 Å². The molecule has 0 aromatic heterocycles. The lowest BCUT2D eigenvalue weighted by molar-refractivity contribution is -0.119. The summed E-state index contributed by atoms with van der Waals surface area (Å²) < 4.78 is 0. The second-order valence-electron chi connectivity index (χ2n) is 4.61. The Balaban J connectivity index is 2.41. The summed E-state index contributed by atoms with van der Waals surface area (Å²) in [6.45, 7) is 0.697. The summed E-state index contributed by atoms with van der Waals surface area (Å²) in [5, 5.41) is 9.19. The van der Waals surface area contributed by atoms with Crippen LogP contribution in [0.4, 0.5) is 5.69 Å². The van der Waals surface area contributed by atoms with Gasteiger partial charge in [0.1, 0.15) is 18.4 Å². The molecule has 19 heavy (non-hydrogen) atoms. The van der Waals surface area contributed by atoms with E-state index in [9.17, 15) is 14.9 Å². The highest BCUT2D eigenvalue weighted by molar-refractivity contribution is 5.85. The highest BCUT2D eigenvalue weighted by Crippen LogP contribution is 2.28. The maximum Gasteiger partial charge on any atom is 0.240 e. The summed E-state index contributed by atoms with van der Waals surface area (Å²) in [7, 11) is 0. The number of primary amides is 1. The number of nitrogens with zero attached hydrogens (tertiary/aromatic N) is 2. The predicted octanol–water partition coefficient (Wildman–Crippen LogP) is 1.21. The van der Waals surface area contributed by atoms with Crippen LogP contribution in [-0.2, 0) is 4.79 Å². The summed E-state index contributed by atoms with van der Waals surface area (Å²) in [5.74, 6) is -0.372. The average Bonchev–Trinajstić information content (AvgIpc) is 2.46. The quantitative estimate of drug-likeness (QED) is 0.824. The maximum atomic E-state index is 11.5. The molecule has 1 saturated heterocycles. The van der Waals surface area contributed by atoms with Gasteiger partial charge in [-0.25, -0.2) is 0 Å². The first-order valence-corrected chi connectivity index (χ1v) is 6.22. The lowest BCUT2D eigenvalue weighted by Gasteiger charge is -2.36. The van der Waals surface area contributed by atoms with Crippen LogP contribution in [0.1, 0.15) is 35.2 Å². The molecular weight excluding hydrogens is 242 g/mol. The SMILES string of the molecule is N#Cc1cc(C=O)ccc1N1CCCCC1C(N)=O. The van der Waals surface area contributed by atoms with E-state index in [0.717, 1.165) is 12.8 Å². The van der Waals surface area contributed by atoms with Crippen LogP contribution < -0.4 is 10.6 Å². The largest absolute Gasteiger partial charge is 0.368 e. The van der Waals surface area contributed by atoms with Gasteiger partial charge in [0.2, 0.25) is 5.91 Å². The van der Waals surface area contributed by atoms with Crippen LogP contribution in [-0.4, -0.2) is 24.8 Å². The molecule has 1 atom stereocenters. The van der Waals surface area contributed by atoms with Gasteiger partial charge in [-0.3, -0.25) is 9.59 Å². The van der Waals surface area contributed by atoms with Gasteiger partial charge < -0.3 is 10.6 Å². The number of nitriles is 1. The van der Waals surface area contributed by atoms with E-state index in [4.69, 9.17) is 5.73 Å². The number of carbonyl (C=O) groups is 2. The Labute approximate surface area is 111 Å².